The molecule has 0 spiro atoms. The average Bonchev–Trinajstić information content (AvgIpc) is 2.64. The van der Waals surface area contributed by atoms with Crippen molar-refractivity contribution in [3.05, 3.63) is 64.7 Å². The second kappa shape index (κ2) is 9.14. The number of amides is 1. The number of carbonyl (C=O) groups is 1. The largest absolute Gasteiger partial charge is 0.493 e. The fourth-order valence-electron chi connectivity index (χ4n) is 2.42. The van der Waals surface area contributed by atoms with E-state index in [2.05, 4.69) is 24.4 Å². The molecule has 2 aromatic rings. The van der Waals surface area contributed by atoms with Gasteiger partial charge in [-0.2, -0.15) is 0 Å². The molecule has 0 aliphatic heterocycles. The number of benzene rings is 2. The first-order chi connectivity index (χ1) is 12.0. The zero-order valence-corrected chi connectivity index (χ0v) is 15.3. The lowest BCUT2D eigenvalue weighted by molar-refractivity contribution is -0.116. The van der Waals surface area contributed by atoms with Crippen LogP contribution in [0.3, 0.4) is 0 Å². The third-order valence-electron chi connectivity index (χ3n) is 3.83. The van der Waals surface area contributed by atoms with Gasteiger partial charge in [0, 0.05) is 12.6 Å². The van der Waals surface area contributed by atoms with Gasteiger partial charge in [0.05, 0.1) is 19.2 Å². The van der Waals surface area contributed by atoms with Gasteiger partial charge in [-0.1, -0.05) is 48.9 Å². The fraction of sp³-hybridized carbons (Fsp3) is 0.250. The number of methoxy groups -OCH3 is 2. The minimum atomic E-state index is -0.159. The molecule has 1 N–H and O–H groups in total. The van der Waals surface area contributed by atoms with Crippen LogP contribution in [0.1, 0.15) is 24.0 Å². The molecule has 2 rings (SSSR count). The van der Waals surface area contributed by atoms with E-state index in [4.69, 9.17) is 21.1 Å². The molecule has 0 aliphatic rings. The van der Waals surface area contributed by atoms with Crippen molar-refractivity contribution in [2.45, 2.75) is 12.8 Å². The van der Waals surface area contributed by atoms with Gasteiger partial charge in [-0.15, -0.1) is 0 Å². The molecular formula is C20H22ClNO3. The predicted octanol–water partition coefficient (Wildman–Crippen LogP) is 4.29. The Morgan fingerprint density at radius 2 is 1.92 bits per heavy atom. The van der Waals surface area contributed by atoms with Crippen LogP contribution in [0.15, 0.2) is 48.5 Å². The summed E-state index contributed by atoms with van der Waals surface area (Å²) in [6, 6.07) is 13.6. The van der Waals surface area contributed by atoms with E-state index in [1.807, 2.05) is 18.2 Å². The van der Waals surface area contributed by atoms with E-state index in [-0.39, 0.29) is 11.8 Å². The zero-order chi connectivity index (χ0) is 18.2. The molecule has 1 atom stereocenters. The Hall–Kier alpha value is -2.46. The Kier molecular flexibility index (Phi) is 6.90. The molecule has 132 valence electrons. The summed E-state index contributed by atoms with van der Waals surface area (Å²) >= 11 is 6.16. The molecular weight excluding hydrogens is 338 g/mol. The first-order valence-electron chi connectivity index (χ1n) is 7.97. The summed E-state index contributed by atoms with van der Waals surface area (Å²) in [5, 5.41) is 3.33. The smallest absolute Gasteiger partial charge is 0.244 e. The SMILES string of the molecule is COc1cc(/C=C/C(=O)NC[C@@H](C)c2ccccc2)cc(Cl)c1OC. The summed E-state index contributed by atoms with van der Waals surface area (Å²) in [5.74, 6) is 1.08. The molecule has 0 radical (unpaired) electrons. The van der Waals surface area contributed by atoms with Crippen LogP contribution in [-0.4, -0.2) is 26.7 Å². The Labute approximate surface area is 153 Å². The molecule has 25 heavy (non-hydrogen) atoms. The fourth-order valence-corrected chi connectivity index (χ4v) is 2.71. The zero-order valence-electron chi connectivity index (χ0n) is 14.6. The highest BCUT2D eigenvalue weighted by Gasteiger charge is 2.10. The summed E-state index contributed by atoms with van der Waals surface area (Å²) in [7, 11) is 3.07. The second-order valence-electron chi connectivity index (χ2n) is 5.63. The van der Waals surface area contributed by atoms with E-state index in [0.717, 1.165) is 5.56 Å². The first kappa shape index (κ1) is 18.9. The number of carbonyl (C=O) groups excluding carboxylic acids is 1. The van der Waals surface area contributed by atoms with Gasteiger partial charge in [-0.05, 0) is 35.3 Å². The minimum absolute atomic E-state index is 0.159. The highest BCUT2D eigenvalue weighted by atomic mass is 35.5. The highest BCUT2D eigenvalue weighted by Crippen LogP contribution is 2.36. The molecule has 4 nitrogen and oxygen atoms in total. The third-order valence-corrected chi connectivity index (χ3v) is 4.11. The summed E-state index contributed by atoms with van der Waals surface area (Å²) in [6.07, 6.45) is 3.17. The molecule has 2 aromatic carbocycles. The van der Waals surface area contributed by atoms with Crippen LogP contribution in [0.5, 0.6) is 11.5 Å². The number of rotatable bonds is 7. The second-order valence-corrected chi connectivity index (χ2v) is 6.04. The van der Waals surface area contributed by atoms with Crippen LogP contribution >= 0.6 is 11.6 Å². The van der Waals surface area contributed by atoms with E-state index < -0.39 is 0 Å². The Morgan fingerprint density at radius 3 is 2.56 bits per heavy atom. The van der Waals surface area contributed by atoms with Gasteiger partial charge in [0.25, 0.3) is 0 Å². The maximum atomic E-state index is 12.0. The number of nitrogens with one attached hydrogen (secondary N) is 1. The van der Waals surface area contributed by atoms with Crippen molar-refractivity contribution in [3.63, 3.8) is 0 Å². The van der Waals surface area contributed by atoms with Crippen LogP contribution in [0.4, 0.5) is 0 Å². The first-order valence-corrected chi connectivity index (χ1v) is 8.35. The van der Waals surface area contributed by atoms with Crippen molar-refractivity contribution in [1.82, 2.24) is 5.32 Å². The molecule has 0 bridgehead atoms. The lowest BCUT2D eigenvalue weighted by Gasteiger charge is -2.12. The highest BCUT2D eigenvalue weighted by molar-refractivity contribution is 6.32. The van der Waals surface area contributed by atoms with E-state index in [9.17, 15) is 4.79 Å². The molecule has 0 saturated carbocycles. The molecule has 0 aliphatic carbocycles. The van der Waals surface area contributed by atoms with E-state index in [1.54, 1.807) is 25.3 Å². The van der Waals surface area contributed by atoms with Crippen LogP contribution in [0.25, 0.3) is 6.08 Å². The summed E-state index contributed by atoms with van der Waals surface area (Å²) in [6.45, 7) is 2.65. The maximum Gasteiger partial charge on any atom is 0.244 e. The lowest BCUT2D eigenvalue weighted by Crippen LogP contribution is -2.25. The molecule has 0 aromatic heterocycles. The maximum absolute atomic E-state index is 12.0. The number of halogens is 1. The Bertz CT molecular complexity index is 744. The van der Waals surface area contributed by atoms with E-state index in [1.165, 1.54) is 18.7 Å². The van der Waals surface area contributed by atoms with Gasteiger partial charge in [0.15, 0.2) is 11.5 Å². The van der Waals surface area contributed by atoms with Crippen molar-refractivity contribution in [3.8, 4) is 11.5 Å². The lowest BCUT2D eigenvalue weighted by atomic mass is 10.0. The number of hydrogen-bond donors (Lipinski definition) is 1. The minimum Gasteiger partial charge on any atom is -0.493 e. The average molecular weight is 360 g/mol. The van der Waals surface area contributed by atoms with Crippen LogP contribution in [-0.2, 0) is 4.79 Å². The summed E-state index contributed by atoms with van der Waals surface area (Å²) in [5.41, 5.74) is 1.95. The Balaban J connectivity index is 1.97. The number of ether oxygens (including phenoxy) is 2. The van der Waals surface area contributed by atoms with Crippen LogP contribution in [0.2, 0.25) is 5.02 Å². The van der Waals surface area contributed by atoms with Gasteiger partial charge >= 0.3 is 0 Å². The van der Waals surface area contributed by atoms with Crippen LogP contribution in [0, 0.1) is 0 Å². The molecule has 0 heterocycles. The third kappa shape index (κ3) is 5.26. The van der Waals surface area contributed by atoms with E-state index in [0.29, 0.717) is 23.1 Å². The number of hydrogen-bond acceptors (Lipinski definition) is 3. The van der Waals surface area contributed by atoms with Gasteiger partial charge in [-0.3, -0.25) is 4.79 Å². The standard InChI is InChI=1S/C20H22ClNO3/c1-14(16-7-5-4-6-8-16)13-22-19(23)10-9-15-11-17(21)20(25-3)18(12-15)24-2/h4-12,14H,13H2,1-3H3,(H,22,23)/b10-9+/t14-/m1/s1. The summed E-state index contributed by atoms with van der Waals surface area (Å²) < 4.78 is 10.4. The predicted molar refractivity (Wildman–Crippen MR) is 101 cm³/mol. The molecule has 1 amide bonds. The Morgan fingerprint density at radius 1 is 1.20 bits per heavy atom. The van der Waals surface area contributed by atoms with Crippen LogP contribution < -0.4 is 14.8 Å². The molecule has 5 heteroatoms. The topological polar surface area (TPSA) is 47.6 Å². The van der Waals surface area contributed by atoms with Gasteiger partial charge in [0.1, 0.15) is 0 Å². The van der Waals surface area contributed by atoms with Crippen molar-refractivity contribution in [1.29, 1.82) is 0 Å². The van der Waals surface area contributed by atoms with Gasteiger partial charge in [-0.25, -0.2) is 0 Å². The van der Waals surface area contributed by atoms with Crippen molar-refractivity contribution < 1.29 is 14.3 Å². The normalized spacial score (nSPS) is 12.0. The van der Waals surface area contributed by atoms with Gasteiger partial charge < -0.3 is 14.8 Å². The van der Waals surface area contributed by atoms with Gasteiger partial charge in [0.2, 0.25) is 5.91 Å². The molecule has 0 fully saturated rings. The van der Waals surface area contributed by atoms with Crippen molar-refractivity contribution in [2.75, 3.05) is 20.8 Å². The van der Waals surface area contributed by atoms with Crippen molar-refractivity contribution in [2.24, 2.45) is 0 Å². The molecule has 0 unspecified atom stereocenters. The summed E-state index contributed by atoms with van der Waals surface area (Å²) in [4.78, 5) is 12.0. The van der Waals surface area contributed by atoms with Crippen molar-refractivity contribution >= 4 is 23.6 Å². The quantitative estimate of drug-likeness (QED) is 0.750. The monoisotopic (exact) mass is 359 g/mol. The molecule has 0 saturated heterocycles. The van der Waals surface area contributed by atoms with E-state index >= 15 is 0 Å².